The van der Waals surface area contributed by atoms with Gasteiger partial charge in [0.1, 0.15) is 0 Å². The van der Waals surface area contributed by atoms with Gasteiger partial charge in [-0.3, -0.25) is 25.3 Å². The molecule has 0 amide bonds. The zero-order chi connectivity index (χ0) is 13.5. The maximum Gasteiger partial charge on any atom is 6.00 e. The summed E-state index contributed by atoms with van der Waals surface area (Å²) in [5.74, 6) is 0. The summed E-state index contributed by atoms with van der Waals surface area (Å²) in [4.78, 5) is 0. The summed E-state index contributed by atoms with van der Waals surface area (Å²) in [7, 11) is -15.5. The Bertz CT molecular complexity index is 338. The molecule has 0 aromatic rings. The molecular weight excluding hydrogens is 504 g/mol. The molecule has 112 valence electrons. The van der Waals surface area contributed by atoms with Gasteiger partial charge >= 0.3 is 21.1 Å². The van der Waals surface area contributed by atoms with Gasteiger partial charge in [0.15, 0.2) is 0 Å². The molecule has 14 nitrogen and oxygen atoms in total. The van der Waals surface area contributed by atoms with Gasteiger partial charge in [-0.25, -0.2) is 0 Å². The topological polar surface area (TPSA) is 304 Å². The van der Waals surface area contributed by atoms with Gasteiger partial charge in [0.05, 0.1) is 0 Å². The van der Waals surface area contributed by atoms with E-state index in [4.69, 9.17) is 52.6 Å². The molecule has 0 saturated carbocycles. The van der Waals surface area contributed by atoms with Gasteiger partial charge < -0.3 is 38.3 Å². The first kappa shape index (κ1) is 36.2. The fourth-order valence-corrected chi connectivity index (χ4v) is 0. The van der Waals surface area contributed by atoms with Crippen molar-refractivity contribution >= 4 is 31.2 Å². The van der Waals surface area contributed by atoms with Crippen LogP contribution in [0.5, 0.6) is 0 Å². The van der Waals surface area contributed by atoms with Crippen LogP contribution in [0.2, 0.25) is 0 Å². The van der Waals surface area contributed by atoms with Gasteiger partial charge in [-0.15, -0.1) is 0 Å². The van der Waals surface area contributed by atoms with Crippen LogP contribution in [0.4, 0.5) is 0 Å². The van der Waals surface area contributed by atoms with Crippen LogP contribution in [0.1, 0.15) is 0 Å². The second-order valence-electron chi connectivity index (χ2n) is 1.22. The summed E-state index contributed by atoms with van der Waals surface area (Å²) < 4.78 is 102. The summed E-state index contributed by atoms with van der Waals surface area (Å²) in [6.45, 7) is 0. The van der Waals surface area contributed by atoms with Gasteiger partial charge in [0, 0.05) is 31.2 Å². The van der Waals surface area contributed by atoms with Crippen LogP contribution in [0.3, 0.4) is 0 Å². The summed E-state index contributed by atoms with van der Waals surface area (Å²) in [6, 6.07) is 0. The van der Waals surface area contributed by atoms with E-state index in [9.17, 15) is 0 Å². The zero-order valence-corrected chi connectivity index (χ0v) is 12.9. The van der Waals surface area contributed by atoms with Gasteiger partial charge in [-0.1, -0.05) is 0 Å². The van der Waals surface area contributed by atoms with Crippen molar-refractivity contribution in [1.82, 2.24) is 0 Å². The molecule has 0 radical (unpaired) electrons. The van der Waals surface area contributed by atoms with E-state index >= 15 is 0 Å². The van der Waals surface area contributed by atoms with Crippen molar-refractivity contribution in [3.63, 3.8) is 0 Å². The molecule has 0 unspecified atom stereocenters. The minimum absolute atomic E-state index is 0. The van der Waals surface area contributed by atoms with Gasteiger partial charge in [0.2, 0.25) is 0 Å². The molecule has 4 N–H and O–H groups in total. The average Bonchev–Trinajstić information content (AvgIpc) is 1.41. The predicted octanol–water partition coefficient (Wildman–Crippen LogP) is -5.67. The van der Waals surface area contributed by atoms with Crippen LogP contribution in [0, 0.1) is 0 Å². The molecule has 0 aromatic heterocycles. The van der Waals surface area contributed by atoms with Crippen molar-refractivity contribution in [2.75, 3.05) is 0 Å². The Morgan fingerprint density at radius 3 is 0.444 bits per heavy atom. The van der Waals surface area contributed by atoms with Crippen molar-refractivity contribution < 1.29 is 84.6 Å². The normalized spacial score (nSPS) is 9.67. The van der Waals surface area contributed by atoms with Crippen LogP contribution < -0.4 is 0 Å². The zero-order valence-electron chi connectivity index (χ0n) is 7.53. The molecule has 0 bridgehead atoms. The van der Waals surface area contributed by atoms with Crippen LogP contribution in [-0.4, -0.2) is 63.5 Å². The molecule has 0 aliphatic rings. The summed E-state index contributed by atoms with van der Waals surface area (Å²) in [5.41, 5.74) is 0. The maximum atomic E-state index is 8.52. The standard InChI is InChI=1S/3H2O4S.2H2O.W/c3*1-5(2,3)4;;;/h3*(H2,1,2,3,4);2*1H2;/q;;;;;+6/p-6. The largest absolute Gasteiger partial charge is 6.00 e. The molecule has 0 aliphatic heterocycles. The summed E-state index contributed by atoms with van der Waals surface area (Å²) in [6.07, 6.45) is 0. The Kier molecular flexibility index (Phi) is 27.4. The molecule has 0 aromatic carbocycles. The minimum Gasteiger partial charge on any atom is -0.759 e. The Labute approximate surface area is 116 Å². The third-order valence-electron chi connectivity index (χ3n) is 0. The van der Waals surface area contributed by atoms with Crippen molar-refractivity contribution in [3.05, 3.63) is 0 Å². The Hall–Kier alpha value is 0.218. The third kappa shape index (κ3) is 78800. The smallest absolute Gasteiger partial charge is 0.759 e. The summed E-state index contributed by atoms with van der Waals surface area (Å²) in [5, 5.41) is 0. The average molecular weight is 508 g/mol. The van der Waals surface area contributed by atoms with E-state index < -0.39 is 31.2 Å². The van der Waals surface area contributed by atoms with Gasteiger partial charge in [-0.2, -0.15) is 0 Å². The van der Waals surface area contributed by atoms with E-state index in [1.807, 2.05) is 0 Å². The number of rotatable bonds is 0. The van der Waals surface area contributed by atoms with Crippen molar-refractivity contribution in [3.8, 4) is 0 Å². The van der Waals surface area contributed by atoms with E-state index in [1.165, 1.54) is 0 Å². The molecule has 18 heteroatoms. The molecule has 0 fully saturated rings. The van der Waals surface area contributed by atoms with Crippen LogP contribution in [0.15, 0.2) is 0 Å². The Balaban J connectivity index is -0.0000000277. The molecule has 0 atom stereocenters. The quantitative estimate of drug-likeness (QED) is 0.218. The fourth-order valence-electron chi connectivity index (χ4n) is 0. The number of hydrogen-bond donors (Lipinski definition) is 0. The fraction of sp³-hybridized carbons (Fsp3) is 0. The second-order valence-corrected chi connectivity index (χ2v) is 3.67. The minimum atomic E-state index is -5.17. The van der Waals surface area contributed by atoms with E-state index in [2.05, 4.69) is 0 Å². The first-order chi connectivity index (χ1) is 6.00. The van der Waals surface area contributed by atoms with Gasteiger partial charge in [0.25, 0.3) is 0 Å². The molecule has 18 heavy (non-hydrogen) atoms. The van der Waals surface area contributed by atoms with E-state index in [0.717, 1.165) is 0 Å². The predicted molar refractivity (Wildman–Crippen MR) is 38.7 cm³/mol. The van der Waals surface area contributed by atoms with Crippen LogP contribution in [-0.2, 0) is 52.3 Å². The molecule has 0 rings (SSSR count). The molecule has 0 aliphatic carbocycles. The summed E-state index contributed by atoms with van der Waals surface area (Å²) >= 11 is 0. The van der Waals surface area contributed by atoms with E-state index in [0.29, 0.717) is 0 Å². The van der Waals surface area contributed by atoms with Gasteiger partial charge in [-0.05, 0) is 0 Å². The van der Waals surface area contributed by atoms with Crippen molar-refractivity contribution in [2.45, 2.75) is 0 Å². The Morgan fingerprint density at radius 1 is 0.444 bits per heavy atom. The molecule has 0 saturated heterocycles. The molecule has 0 spiro atoms. The Morgan fingerprint density at radius 2 is 0.444 bits per heavy atom. The van der Waals surface area contributed by atoms with E-state index in [-0.39, 0.29) is 32.0 Å². The van der Waals surface area contributed by atoms with Crippen molar-refractivity contribution in [2.24, 2.45) is 0 Å². The van der Waals surface area contributed by atoms with Crippen molar-refractivity contribution in [1.29, 1.82) is 0 Å². The number of hydrogen-bond acceptors (Lipinski definition) is 12. The monoisotopic (exact) mass is 508 g/mol. The molecule has 0 heterocycles. The maximum absolute atomic E-state index is 8.52. The first-order valence-electron chi connectivity index (χ1n) is 2.00. The van der Waals surface area contributed by atoms with Crippen LogP contribution >= 0.6 is 0 Å². The molecular formula is H4O14S3W. The third-order valence-corrected chi connectivity index (χ3v) is 0. The second kappa shape index (κ2) is 13.6. The van der Waals surface area contributed by atoms with Crippen LogP contribution in [0.25, 0.3) is 0 Å². The van der Waals surface area contributed by atoms with E-state index in [1.54, 1.807) is 0 Å². The first-order valence-corrected chi connectivity index (χ1v) is 6.00. The SMILES string of the molecule is O.O.O=S(=O)([O-])[O-].O=S(=O)([O-])[O-].O=S(=O)([O-])[O-].[W+6].